The first-order valence-electron chi connectivity index (χ1n) is 3.37. The van der Waals surface area contributed by atoms with Crippen molar-refractivity contribution in [2.45, 2.75) is 26.3 Å². The van der Waals surface area contributed by atoms with Crippen molar-refractivity contribution in [3.05, 3.63) is 6.20 Å². The van der Waals surface area contributed by atoms with E-state index in [1.165, 1.54) is 0 Å². The lowest BCUT2D eigenvalue weighted by atomic mass is 10.3. The van der Waals surface area contributed by atoms with Gasteiger partial charge >= 0.3 is 0 Å². The number of nitrogens with two attached hydrogens (primary N) is 1. The highest BCUT2D eigenvalue weighted by Crippen LogP contribution is 2.00. The van der Waals surface area contributed by atoms with Crippen molar-refractivity contribution in [3.8, 4) is 0 Å². The van der Waals surface area contributed by atoms with E-state index in [2.05, 4.69) is 23.6 Å². The zero-order chi connectivity index (χ0) is 7.56. The summed E-state index contributed by atoms with van der Waals surface area (Å²) in [6.07, 6.45) is 2.71. The van der Waals surface area contributed by atoms with Gasteiger partial charge in [0, 0.05) is 13.3 Å². The van der Waals surface area contributed by atoms with Crippen LogP contribution < -0.4 is 10.4 Å². The van der Waals surface area contributed by atoms with Gasteiger partial charge in [0.2, 0.25) is 5.27 Å². The van der Waals surface area contributed by atoms with Gasteiger partial charge in [-0.05, 0) is 4.68 Å². The summed E-state index contributed by atoms with van der Waals surface area (Å²) in [5, 5.41) is 3.70. The molecule has 0 radical (unpaired) electrons. The highest BCUT2D eigenvalue weighted by Gasteiger charge is 2.15. The molecule has 0 spiro atoms. The molecule has 0 aliphatic rings. The molecule has 0 saturated heterocycles. The fourth-order valence-electron chi connectivity index (χ4n) is 0.667. The van der Waals surface area contributed by atoms with E-state index in [0.717, 1.165) is 6.42 Å². The van der Waals surface area contributed by atoms with Crippen LogP contribution in [0.2, 0.25) is 0 Å². The average Bonchev–Trinajstić information content (AvgIpc) is 2.34. The van der Waals surface area contributed by atoms with E-state index >= 15 is 0 Å². The van der Waals surface area contributed by atoms with Crippen LogP contribution >= 0.6 is 0 Å². The Labute approximate surface area is 59.6 Å². The van der Waals surface area contributed by atoms with Crippen LogP contribution in [0.4, 0.5) is 5.88 Å². The number of hydrogen-bond acceptors (Lipinski definition) is 3. The maximum absolute atomic E-state index is 5.32. The summed E-state index contributed by atoms with van der Waals surface area (Å²) in [6, 6.07) is 0.362. The van der Waals surface area contributed by atoms with Crippen molar-refractivity contribution < 1.29 is 9.20 Å². The molecule has 0 amide bonds. The van der Waals surface area contributed by atoms with Gasteiger partial charge in [0.05, 0.1) is 0 Å². The molecule has 10 heavy (non-hydrogen) atoms. The van der Waals surface area contributed by atoms with Crippen LogP contribution in [0.25, 0.3) is 0 Å². The molecule has 1 atom stereocenters. The molecule has 0 aliphatic heterocycles. The molecule has 0 bridgehead atoms. The molecule has 0 aliphatic carbocycles. The lowest BCUT2D eigenvalue weighted by Gasteiger charge is -1.92. The molecule has 1 unspecified atom stereocenters. The zero-order valence-electron chi connectivity index (χ0n) is 6.24. The summed E-state index contributed by atoms with van der Waals surface area (Å²) in [5.74, 6) is 0.361. The molecule has 0 aromatic carbocycles. The Hall–Kier alpha value is -1.06. The van der Waals surface area contributed by atoms with Crippen molar-refractivity contribution in [2.75, 3.05) is 5.73 Å². The third-order valence-corrected chi connectivity index (χ3v) is 1.54. The Morgan fingerprint density at radius 1 is 1.90 bits per heavy atom. The molecule has 0 saturated carbocycles. The van der Waals surface area contributed by atoms with E-state index in [1.807, 2.05) is 0 Å². The van der Waals surface area contributed by atoms with Gasteiger partial charge in [-0.3, -0.25) is 4.52 Å². The molecule has 4 nitrogen and oxygen atoms in total. The molecule has 4 heteroatoms. The highest BCUT2D eigenvalue weighted by atomic mass is 16.5. The van der Waals surface area contributed by atoms with Gasteiger partial charge in [-0.25, -0.2) is 0 Å². The Balaban J connectivity index is 2.74. The van der Waals surface area contributed by atoms with Crippen molar-refractivity contribution in [1.82, 2.24) is 5.27 Å². The van der Waals surface area contributed by atoms with Gasteiger partial charge in [0.25, 0.3) is 12.1 Å². The average molecular weight is 142 g/mol. The maximum Gasteiger partial charge on any atom is 0.293 e. The number of anilines is 1. The Morgan fingerprint density at radius 3 is 3.00 bits per heavy atom. The Bertz CT molecular complexity index is 209. The molecule has 2 N–H and O–H groups in total. The summed E-state index contributed by atoms with van der Waals surface area (Å²) in [7, 11) is 0. The molecule has 1 aromatic rings. The SMILES string of the molecule is CCC(C)[n+]1cc(N)on1. The molecule has 56 valence electrons. The van der Waals surface area contributed by atoms with Crippen LogP contribution in [0.1, 0.15) is 26.3 Å². The van der Waals surface area contributed by atoms with Crippen LogP contribution in [0.15, 0.2) is 10.7 Å². The summed E-state index contributed by atoms with van der Waals surface area (Å²) < 4.78 is 6.40. The maximum atomic E-state index is 5.32. The fraction of sp³-hybridized carbons (Fsp3) is 0.667. The number of hydrogen-bond donors (Lipinski definition) is 1. The fourth-order valence-corrected chi connectivity index (χ4v) is 0.667. The molecule has 1 heterocycles. The predicted octanol–water partition coefficient (Wildman–Crippen LogP) is 0.515. The van der Waals surface area contributed by atoms with E-state index in [4.69, 9.17) is 5.73 Å². The third kappa shape index (κ3) is 1.26. The van der Waals surface area contributed by atoms with Gasteiger partial charge in [-0.1, -0.05) is 6.92 Å². The van der Waals surface area contributed by atoms with Crippen molar-refractivity contribution in [1.29, 1.82) is 0 Å². The molecular formula is C6H12N3O+. The third-order valence-electron chi connectivity index (χ3n) is 1.54. The topological polar surface area (TPSA) is 55.9 Å². The largest absolute Gasteiger partial charge is 0.362 e. The quantitative estimate of drug-likeness (QED) is 0.612. The zero-order valence-corrected chi connectivity index (χ0v) is 6.24. The van der Waals surface area contributed by atoms with Crippen molar-refractivity contribution in [3.63, 3.8) is 0 Å². The molecule has 1 aromatic heterocycles. The molecule has 0 fully saturated rings. The normalized spacial score (nSPS) is 13.4. The first-order chi connectivity index (χ1) is 4.74. The van der Waals surface area contributed by atoms with Crippen LogP contribution in [0.3, 0.4) is 0 Å². The number of aromatic nitrogens is 2. The van der Waals surface area contributed by atoms with Crippen LogP contribution in [-0.2, 0) is 0 Å². The lowest BCUT2D eigenvalue weighted by Crippen LogP contribution is -2.38. The second-order valence-electron chi connectivity index (χ2n) is 2.34. The summed E-state index contributed by atoms with van der Waals surface area (Å²) in [4.78, 5) is 0. The van der Waals surface area contributed by atoms with Gasteiger partial charge in [0.1, 0.15) is 0 Å². The summed E-state index contributed by atoms with van der Waals surface area (Å²) in [5.41, 5.74) is 5.32. The van der Waals surface area contributed by atoms with Gasteiger partial charge in [-0.2, -0.15) is 0 Å². The smallest absolute Gasteiger partial charge is 0.293 e. The number of rotatable bonds is 2. The first-order valence-corrected chi connectivity index (χ1v) is 3.37. The van der Waals surface area contributed by atoms with E-state index in [9.17, 15) is 0 Å². The lowest BCUT2D eigenvalue weighted by molar-refractivity contribution is -0.782. The van der Waals surface area contributed by atoms with Crippen LogP contribution in [-0.4, -0.2) is 5.27 Å². The highest BCUT2D eigenvalue weighted by molar-refractivity contribution is 5.11. The van der Waals surface area contributed by atoms with Gasteiger partial charge in [-0.15, -0.1) is 0 Å². The second kappa shape index (κ2) is 2.68. The van der Waals surface area contributed by atoms with Crippen LogP contribution in [0, 0.1) is 0 Å². The van der Waals surface area contributed by atoms with E-state index < -0.39 is 0 Å². The first kappa shape index (κ1) is 7.05. The number of nitrogen functional groups attached to an aromatic ring is 1. The van der Waals surface area contributed by atoms with E-state index in [0.29, 0.717) is 11.9 Å². The minimum atomic E-state index is 0.361. The number of nitrogens with zero attached hydrogens (tertiary/aromatic N) is 2. The Morgan fingerprint density at radius 2 is 2.60 bits per heavy atom. The monoisotopic (exact) mass is 142 g/mol. The van der Waals surface area contributed by atoms with E-state index in [-0.39, 0.29) is 0 Å². The summed E-state index contributed by atoms with van der Waals surface area (Å²) in [6.45, 7) is 4.14. The van der Waals surface area contributed by atoms with Crippen LogP contribution in [0.5, 0.6) is 0 Å². The minimum Gasteiger partial charge on any atom is -0.362 e. The predicted molar refractivity (Wildman–Crippen MR) is 36.1 cm³/mol. The molecule has 1 rings (SSSR count). The second-order valence-corrected chi connectivity index (χ2v) is 2.34. The minimum absolute atomic E-state index is 0.361. The summed E-state index contributed by atoms with van der Waals surface area (Å²) >= 11 is 0. The van der Waals surface area contributed by atoms with Gasteiger partial charge in [0.15, 0.2) is 6.04 Å². The molecular weight excluding hydrogens is 130 g/mol. The van der Waals surface area contributed by atoms with E-state index in [1.54, 1.807) is 10.9 Å². The van der Waals surface area contributed by atoms with Crippen molar-refractivity contribution in [2.24, 2.45) is 0 Å². The van der Waals surface area contributed by atoms with Gasteiger partial charge < -0.3 is 5.73 Å². The Kier molecular flexibility index (Phi) is 1.89. The standard InChI is InChI=1S/C6H12N3O/c1-3-5(2)9-4-6(7)10-8-9/h4-5H,3,7H2,1-2H3/q+1. The van der Waals surface area contributed by atoms with Crippen molar-refractivity contribution >= 4 is 5.88 Å².